The van der Waals surface area contributed by atoms with Crippen LogP contribution in [0.4, 0.5) is 5.69 Å². The Bertz CT molecular complexity index is 488. The van der Waals surface area contributed by atoms with E-state index in [2.05, 4.69) is 0 Å². The first-order valence-corrected chi connectivity index (χ1v) is 6.60. The Labute approximate surface area is 101 Å². The van der Waals surface area contributed by atoms with E-state index in [1.54, 1.807) is 6.07 Å². The first kappa shape index (κ1) is 13.9. The summed E-state index contributed by atoms with van der Waals surface area (Å²) in [6.07, 6.45) is 0. The molecule has 17 heavy (non-hydrogen) atoms. The van der Waals surface area contributed by atoms with Gasteiger partial charge in [-0.15, -0.1) is 0 Å². The summed E-state index contributed by atoms with van der Waals surface area (Å²) in [5, 5.41) is 13.8. The number of hydrogen-bond acceptors (Lipinski definition) is 5. The van der Waals surface area contributed by atoms with Gasteiger partial charge < -0.3 is 10.8 Å². The first-order chi connectivity index (χ1) is 7.84. The van der Waals surface area contributed by atoms with Crippen LogP contribution in [0, 0.1) is 0 Å². The normalized spacial score (nSPS) is 12.0. The van der Waals surface area contributed by atoms with Crippen molar-refractivity contribution in [3.8, 4) is 0 Å². The molecule has 0 spiro atoms. The Morgan fingerprint density at radius 3 is 2.53 bits per heavy atom. The summed E-state index contributed by atoms with van der Waals surface area (Å²) in [6, 6.07) is 4.40. The average molecular weight is 259 g/mol. The molecule has 1 rings (SSSR count). The van der Waals surface area contributed by atoms with Crippen molar-refractivity contribution in [3.63, 3.8) is 0 Å². The van der Waals surface area contributed by atoms with Crippen LogP contribution in [0.5, 0.6) is 0 Å². The molecule has 0 radical (unpaired) electrons. The summed E-state index contributed by atoms with van der Waals surface area (Å²) < 4.78 is 22.2. The van der Waals surface area contributed by atoms with Gasteiger partial charge in [-0.05, 0) is 24.7 Å². The summed E-state index contributed by atoms with van der Waals surface area (Å²) >= 11 is 0. The predicted octanol–water partition coefficient (Wildman–Crippen LogP) is -0.660. The maximum atomic E-state index is 11.1. The van der Waals surface area contributed by atoms with E-state index in [0.717, 1.165) is 5.56 Å². The zero-order chi connectivity index (χ0) is 13.1. The number of aliphatic hydroxyl groups excluding tert-OH is 1. The molecule has 1 aromatic rings. The molecular formula is C10H17N3O3S. The number of rotatable bonds is 5. The summed E-state index contributed by atoms with van der Waals surface area (Å²) in [6.45, 7) is 1.12. The van der Waals surface area contributed by atoms with Crippen molar-refractivity contribution in [2.24, 2.45) is 5.14 Å². The van der Waals surface area contributed by atoms with E-state index in [1.165, 1.54) is 12.1 Å². The molecule has 0 atom stereocenters. The highest BCUT2D eigenvalue weighted by molar-refractivity contribution is 7.89. The van der Waals surface area contributed by atoms with E-state index in [0.29, 0.717) is 18.8 Å². The van der Waals surface area contributed by atoms with Gasteiger partial charge in [0.05, 0.1) is 11.5 Å². The highest BCUT2D eigenvalue weighted by Crippen LogP contribution is 2.18. The van der Waals surface area contributed by atoms with E-state index in [-0.39, 0.29) is 11.5 Å². The molecule has 0 aliphatic heterocycles. The number of aliphatic hydroxyl groups is 1. The van der Waals surface area contributed by atoms with Crippen molar-refractivity contribution < 1.29 is 13.5 Å². The van der Waals surface area contributed by atoms with Gasteiger partial charge in [-0.3, -0.25) is 4.90 Å². The van der Waals surface area contributed by atoms with Crippen molar-refractivity contribution in [1.82, 2.24) is 4.90 Å². The number of anilines is 1. The molecule has 6 nitrogen and oxygen atoms in total. The quantitative estimate of drug-likeness (QED) is 0.608. The standard InChI is InChI=1S/C10H17N3O3S/c1-13(4-5-14)7-8-2-3-9(6-10(8)11)17(12,15)16/h2-3,6,14H,4-5,7,11H2,1H3,(H2,12,15,16). The van der Waals surface area contributed by atoms with Gasteiger partial charge in [-0.25, -0.2) is 13.6 Å². The lowest BCUT2D eigenvalue weighted by molar-refractivity contribution is 0.217. The molecule has 7 heteroatoms. The molecule has 0 saturated carbocycles. The number of nitrogens with zero attached hydrogens (tertiary/aromatic N) is 1. The van der Waals surface area contributed by atoms with Gasteiger partial charge in [-0.1, -0.05) is 6.07 Å². The van der Waals surface area contributed by atoms with E-state index in [1.807, 2.05) is 11.9 Å². The second-order valence-corrected chi connectivity index (χ2v) is 5.43. The lowest BCUT2D eigenvalue weighted by atomic mass is 10.2. The Hall–Kier alpha value is -1.15. The van der Waals surface area contributed by atoms with Crippen LogP contribution in [-0.2, 0) is 16.6 Å². The van der Waals surface area contributed by atoms with Gasteiger partial charge in [0, 0.05) is 18.8 Å². The van der Waals surface area contributed by atoms with Gasteiger partial charge in [0.1, 0.15) is 0 Å². The fourth-order valence-electron chi connectivity index (χ4n) is 1.43. The zero-order valence-electron chi connectivity index (χ0n) is 9.63. The molecule has 0 saturated heterocycles. The topological polar surface area (TPSA) is 110 Å². The second kappa shape index (κ2) is 5.46. The SMILES string of the molecule is CN(CCO)Cc1ccc(S(N)(=O)=O)cc1N. The van der Waals surface area contributed by atoms with Crippen LogP contribution in [0.2, 0.25) is 0 Å². The third-order valence-corrected chi connectivity index (χ3v) is 3.28. The molecule has 96 valence electrons. The zero-order valence-corrected chi connectivity index (χ0v) is 10.4. The number of primary sulfonamides is 1. The van der Waals surface area contributed by atoms with Gasteiger partial charge in [-0.2, -0.15) is 0 Å². The minimum atomic E-state index is -3.71. The summed E-state index contributed by atoms with van der Waals surface area (Å²) in [5.41, 5.74) is 6.93. The van der Waals surface area contributed by atoms with Crippen LogP contribution in [0.3, 0.4) is 0 Å². The molecule has 0 bridgehead atoms. The van der Waals surface area contributed by atoms with Gasteiger partial charge in [0.15, 0.2) is 0 Å². The fourth-order valence-corrected chi connectivity index (χ4v) is 1.98. The number of hydrogen-bond donors (Lipinski definition) is 3. The Morgan fingerprint density at radius 2 is 2.06 bits per heavy atom. The van der Waals surface area contributed by atoms with Gasteiger partial charge >= 0.3 is 0 Å². The minimum absolute atomic E-state index is 0.00330. The molecule has 0 aliphatic carbocycles. The number of likely N-dealkylation sites (N-methyl/N-ethyl adjacent to an activating group) is 1. The van der Waals surface area contributed by atoms with Gasteiger partial charge in [0.25, 0.3) is 0 Å². The fraction of sp³-hybridized carbons (Fsp3) is 0.400. The highest BCUT2D eigenvalue weighted by atomic mass is 32.2. The number of sulfonamides is 1. The average Bonchev–Trinajstić information content (AvgIpc) is 2.20. The maximum Gasteiger partial charge on any atom is 0.238 e. The molecule has 0 unspecified atom stereocenters. The van der Waals surface area contributed by atoms with E-state index >= 15 is 0 Å². The van der Waals surface area contributed by atoms with Crippen molar-refractivity contribution >= 4 is 15.7 Å². The number of nitrogens with two attached hydrogens (primary N) is 2. The maximum absolute atomic E-state index is 11.1. The first-order valence-electron chi connectivity index (χ1n) is 5.05. The van der Waals surface area contributed by atoms with E-state index < -0.39 is 10.0 Å². The Morgan fingerprint density at radius 1 is 1.41 bits per heavy atom. The number of benzene rings is 1. The van der Waals surface area contributed by atoms with Crippen LogP contribution in [0.1, 0.15) is 5.56 Å². The monoisotopic (exact) mass is 259 g/mol. The van der Waals surface area contributed by atoms with Crippen LogP contribution in [-0.4, -0.2) is 38.6 Å². The van der Waals surface area contributed by atoms with Crippen LogP contribution < -0.4 is 10.9 Å². The predicted molar refractivity (Wildman–Crippen MR) is 65.6 cm³/mol. The molecule has 0 aromatic heterocycles. The van der Waals surface area contributed by atoms with E-state index in [4.69, 9.17) is 16.0 Å². The Kier molecular flexibility index (Phi) is 4.47. The molecular weight excluding hydrogens is 242 g/mol. The minimum Gasteiger partial charge on any atom is -0.398 e. The summed E-state index contributed by atoms with van der Waals surface area (Å²) in [4.78, 5) is 1.88. The number of nitrogen functional groups attached to an aromatic ring is 1. The molecule has 0 fully saturated rings. The van der Waals surface area contributed by atoms with Gasteiger partial charge in [0.2, 0.25) is 10.0 Å². The largest absolute Gasteiger partial charge is 0.398 e. The molecule has 1 aromatic carbocycles. The van der Waals surface area contributed by atoms with E-state index in [9.17, 15) is 8.42 Å². The highest BCUT2D eigenvalue weighted by Gasteiger charge is 2.10. The second-order valence-electron chi connectivity index (χ2n) is 3.87. The van der Waals surface area contributed by atoms with Crippen LogP contribution >= 0.6 is 0 Å². The van der Waals surface area contributed by atoms with Crippen LogP contribution in [0.25, 0.3) is 0 Å². The van der Waals surface area contributed by atoms with Crippen molar-refractivity contribution in [1.29, 1.82) is 0 Å². The third kappa shape index (κ3) is 3.97. The summed E-state index contributed by atoms with van der Waals surface area (Å²) in [7, 11) is -1.88. The lowest BCUT2D eigenvalue weighted by Crippen LogP contribution is -2.22. The lowest BCUT2D eigenvalue weighted by Gasteiger charge is -2.16. The molecule has 0 heterocycles. The smallest absolute Gasteiger partial charge is 0.238 e. The Balaban J connectivity index is 2.91. The molecule has 5 N–H and O–H groups in total. The molecule has 0 amide bonds. The van der Waals surface area contributed by atoms with Crippen molar-refractivity contribution in [2.75, 3.05) is 25.9 Å². The molecule has 0 aliphatic rings. The van der Waals surface area contributed by atoms with Crippen molar-refractivity contribution in [3.05, 3.63) is 23.8 Å². The van der Waals surface area contributed by atoms with Crippen molar-refractivity contribution in [2.45, 2.75) is 11.4 Å². The summed E-state index contributed by atoms with van der Waals surface area (Å²) in [5.74, 6) is 0. The third-order valence-electron chi connectivity index (χ3n) is 2.37. The van der Waals surface area contributed by atoms with Crippen LogP contribution in [0.15, 0.2) is 23.1 Å².